The molecule has 0 saturated carbocycles. The highest BCUT2D eigenvalue weighted by Gasteiger charge is 2.30. The van der Waals surface area contributed by atoms with Gasteiger partial charge in [0.05, 0.1) is 24.9 Å². The maximum absolute atomic E-state index is 13.0. The smallest absolute Gasteiger partial charge is 0.227 e. The Morgan fingerprint density at radius 1 is 1.06 bits per heavy atom. The van der Waals surface area contributed by atoms with Crippen molar-refractivity contribution in [3.05, 3.63) is 95.6 Å². The number of ether oxygens (including phenoxy) is 1. The van der Waals surface area contributed by atoms with Gasteiger partial charge in [-0.15, -0.1) is 10.2 Å². The molecule has 170 valence electrons. The van der Waals surface area contributed by atoms with E-state index in [0.29, 0.717) is 23.1 Å². The first-order valence-corrected chi connectivity index (χ1v) is 10.9. The third-order valence-electron chi connectivity index (χ3n) is 5.71. The number of fused-ring (bicyclic) bond motifs is 3. The number of phenolic OH excluding ortho intramolecular Hbond substituents is 1. The molecule has 1 atom stereocenters. The minimum Gasteiger partial charge on any atom is -0.508 e. The molecule has 2 heterocycles. The summed E-state index contributed by atoms with van der Waals surface area (Å²) in [6, 6.07) is 21.4. The Labute approximate surface area is 196 Å². The minimum absolute atomic E-state index is 0.0699. The van der Waals surface area contributed by atoms with Crippen molar-refractivity contribution in [3.63, 3.8) is 0 Å². The molecule has 5 rings (SSSR count). The number of nitrogens with zero attached hydrogens (tertiary/aromatic N) is 4. The molecule has 0 aliphatic carbocycles. The number of aliphatic imine (C=N–C) groups is 1. The number of carbonyl (C=O) groups is 1. The number of amides is 1. The summed E-state index contributed by atoms with van der Waals surface area (Å²) in [6.45, 7) is 1.88. The average molecular weight is 454 g/mol. The Kier molecular flexibility index (Phi) is 5.55. The zero-order valence-corrected chi connectivity index (χ0v) is 18.8. The predicted octanol–water partition coefficient (Wildman–Crippen LogP) is 4.21. The molecule has 0 spiro atoms. The molecule has 0 saturated heterocycles. The third-order valence-corrected chi connectivity index (χ3v) is 5.71. The Morgan fingerprint density at radius 2 is 1.82 bits per heavy atom. The monoisotopic (exact) mass is 453 g/mol. The summed E-state index contributed by atoms with van der Waals surface area (Å²) in [4.78, 5) is 18.0. The summed E-state index contributed by atoms with van der Waals surface area (Å²) in [5.74, 6) is 1.92. The molecular formula is C26H23N5O3. The first-order valence-electron chi connectivity index (χ1n) is 10.9. The van der Waals surface area contributed by atoms with Crippen LogP contribution in [0.25, 0.3) is 5.69 Å². The van der Waals surface area contributed by atoms with E-state index in [1.54, 1.807) is 19.2 Å². The van der Waals surface area contributed by atoms with Crippen LogP contribution in [0.1, 0.15) is 35.2 Å². The van der Waals surface area contributed by atoms with Crippen molar-refractivity contribution in [3.8, 4) is 17.2 Å². The zero-order valence-electron chi connectivity index (χ0n) is 18.8. The van der Waals surface area contributed by atoms with E-state index < -0.39 is 6.04 Å². The molecule has 1 aliphatic heterocycles. The van der Waals surface area contributed by atoms with Gasteiger partial charge in [0.15, 0.2) is 5.82 Å². The van der Waals surface area contributed by atoms with E-state index in [1.807, 2.05) is 60.0 Å². The van der Waals surface area contributed by atoms with Crippen LogP contribution in [0.3, 0.4) is 0 Å². The summed E-state index contributed by atoms with van der Waals surface area (Å²) in [5, 5.41) is 21.1. The second kappa shape index (κ2) is 8.82. The molecule has 0 radical (unpaired) electrons. The number of phenols is 1. The molecule has 0 bridgehead atoms. The van der Waals surface area contributed by atoms with Crippen molar-refractivity contribution in [2.75, 3.05) is 12.4 Å². The lowest BCUT2D eigenvalue weighted by atomic mass is 10.00. The molecule has 1 aromatic heterocycles. The molecule has 0 unspecified atom stereocenters. The summed E-state index contributed by atoms with van der Waals surface area (Å²) in [5.41, 5.74) is 4.02. The molecule has 1 aliphatic rings. The van der Waals surface area contributed by atoms with E-state index >= 15 is 0 Å². The summed E-state index contributed by atoms with van der Waals surface area (Å²) in [6.07, 6.45) is 0.0699. The van der Waals surface area contributed by atoms with Crippen LogP contribution in [-0.4, -0.2) is 38.6 Å². The Hall–Kier alpha value is -4.46. The normalized spacial score (nSPS) is 14.4. The van der Waals surface area contributed by atoms with E-state index in [-0.39, 0.29) is 18.1 Å². The van der Waals surface area contributed by atoms with Gasteiger partial charge in [0.2, 0.25) is 5.91 Å². The Bertz CT molecular complexity index is 1380. The summed E-state index contributed by atoms with van der Waals surface area (Å²) < 4.78 is 7.44. The van der Waals surface area contributed by atoms with Crippen LogP contribution < -0.4 is 10.1 Å². The number of aryl methyl sites for hydroxylation is 1. The van der Waals surface area contributed by atoms with E-state index in [9.17, 15) is 9.90 Å². The average Bonchev–Trinajstić information content (AvgIpc) is 3.18. The van der Waals surface area contributed by atoms with Crippen molar-refractivity contribution in [2.45, 2.75) is 19.4 Å². The SMILES string of the molecule is COc1ccc2c(c1)C(c1ccccc1)=N[C@@H](CC(=O)Nc1ccc(O)cc1)c1nnc(C)n1-2. The molecule has 34 heavy (non-hydrogen) atoms. The third kappa shape index (κ3) is 4.01. The van der Waals surface area contributed by atoms with Crippen molar-refractivity contribution < 1.29 is 14.6 Å². The molecule has 2 N–H and O–H groups in total. The number of aromatic nitrogens is 3. The second-order valence-electron chi connectivity index (χ2n) is 7.98. The van der Waals surface area contributed by atoms with Gasteiger partial charge in [-0.25, -0.2) is 0 Å². The fourth-order valence-electron chi connectivity index (χ4n) is 4.10. The summed E-state index contributed by atoms with van der Waals surface area (Å²) in [7, 11) is 1.63. The van der Waals surface area contributed by atoms with Gasteiger partial charge in [-0.2, -0.15) is 0 Å². The van der Waals surface area contributed by atoms with Crippen LogP contribution in [0.5, 0.6) is 11.5 Å². The molecule has 8 heteroatoms. The fourth-order valence-corrected chi connectivity index (χ4v) is 4.10. The topological polar surface area (TPSA) is 102 Å². The number of rotatable bonds is 5. The molecule has 8 nitrogen and oxygen atoms in total. The van der Waals surface area contributed by atoms with Crippen LogP contribution in [0.15, 0.2) is 77.8 Å². The lowest BCUT2D eigenvalue weighted by molar-refractivity contribution is -0.116. The van der Waals surface area contributed by atoms with Gasteiger partial charge in [0.25, 0.3) is 0 Å². The van der Waals surface area contributed by atoms with Gasteiger partial charge in [0.1, 0.15) is 23.4 Å². The summed E-state index contributed by atoms with van der Waals surface area (Å²) >= 11 is 0. The quantitative estimate of drug-likeness (QED) is 0.441. The first-order chi connectivity index (χ1) is 16.5. The number of hydrogen-bond acceptors (Lipinski definition) is 6. The lowest BCUT2D eigenvalue weighted by Gasteiger charge is -2.14. The number of methoxy groups -OCH3 is 1. The predicted molar refractivity (Wildman–Crippen MR) is 129 cm³/mol. The van der Waals surface area contributed by atoms with Gasteiger partial charge >= 0.3 is 0 Å². The molecule has 3 aromatic carbocycles. The second-order valence-corrected chi connectivity index (χ2v) is 7.98. The maximum atomic E-state index is 13.0. The van der Waals surface area contributed by atoms with E-state index in [2.05, 4.69) is 15.5 Å². The maximum Gasteiger partial charge on any atom is 0.227 e. The molecular weight excluding hydrogens is 430 g/mol. The van der Waals surface area contributed by atoms with Crippen LogP contribution in [0.4, 0.5) is 5.69 Å². The zero-order chi connectivity index (χ0) is 23.7. The highest BCUT2D eigenvalue weighted by atomic mass is 16.5. The van der Waals surface area contributed by atoms with Crippen LogP contribution in [-0.2, 0) is 4.79 Å². The number of benzene rings is 3. The van der Waals surface area contributed by atoms with Crippen LogP contribution in [0, 0.1) is 6.92 Å². The minimum atomic E-state index is -0.563. The van der Waals surface area contributed by atoms with Gasteiger partial charge < -0.3 is 15.2 Å². The Morgan fingerprint density at radius 3 is 2.56 bits per heavy atom. The van der Waals surface area contributed by atoms with Crippen LogP contribution >= 0.6 is 0 Å². The van der Waals surface area contributed by atoms with Gasteiger partial charge in [-0.3, -0.25) is 14.4 Å². The number of nitrogens with one attached hydrogen (secondary N) is 1. The highest BCUT2D eigenvalue weighted by Crippen LogP contribution is 2.34. The highest BCUT2D eigenvalue weighted by molar-refractivity contribution is 6.15. The van der Waals surface area contributed by atoms with Gasteiger partial charge in [0, 0.05) is 16.8 Å². The lowest BCUT2D eigenvalue weighted by Crippen LogP contribution is -2.17. The van der Waals surface area contributed by atoms with Gasteiger partial charge in [-0.05, 0) is 49.4 Å². The van der Waals surface area contributed by atoms with E-state index in [4.69, 9.17) is 9.73 Å². The van der Waals surface area contributed by atoms with E-state index in [1.165, 1.54) is 12.1 Å². The largest absolute Gasteiger partial charge is 0.508 e. The van der Waals surface area contributed by atoms with Crippen molar-refractivity contribution >= 4 is 17.3 Å². The van der Waals surface area contributed by atoms with Crippen molar-refractivity contribution in [1.29, 1.82) is 0 Å². The van der Waals surface area contributed by atoms with Crippen LogP contribution in [0.2, 0.25) is 0 Å². The number of hydrogen-bond donors (Lipinski definition) is 2. The molecule has 0 fully saturated rings. The molecule has 4 aromatic rings. The number of aromatic hydroxyl groups is 1. The number of anilines is 1. The van der Waals surface area contributed by atoms with Crippen molar-refractivity contribution in [1.82, 2.24) is 14.8 Å². The Balaban J connectivity index is 1.61. The molecule has 1 amide bonds. The fraction of sp³-hybridized carbons (Fsp3) is 0.154. The van der Waals surface area contributed by atoms with Gasteiger partial charge in [-0.1, -0.05) is 30.3 Å². The van der Waals surface area contributed by atoms with E-state index in [0.717, 1.165) is 22.5 Å². The number of carbonyl (C=O) groups excluding carboxylic acids is 1. The standard InChI is InChI=1S/C26H23N5O3/c1-16-29-30-26-22(15-24(33)27-18-8-10-19(32)11-9-18)28-25(17-6-4-3-5-7-17)21-14-20(34-2)12-13-23(21)31(16)26/h3-14,22,32H,15H2,1-2H3,(H,27,33)/t22-/m0/s1. The first kappa shape index (κ1) is 21.4. The van der Waals surface area contributed by atoms with Crippen molar-refractivity contribution in [2.24, 2.45) is 4.99 Å².